The molecule has 2 heteroatoms. The second-order valence-corrected chi connectivity index (χ2v) is 6.71. The number of nitrogens with two attached hydrogens (primary N) is 1. The zero-order valence-electron chi connectivity index (χ0n) is 12.7. The van der Waals surface area contributed by atoms with E-state index in [4.69, 9.17) is 5.73 Å². The van der Waals surface area contributed by atoms with Gasteiger partial charge in [0.25, 0.3) is 0 Å². The summed E-state index contributed by atoms with van der Waals surface area (Å²) in [6.45, 7) is 4.77. The van der Waals surface area contributed by atoms with Crippen molar-refractivity contribution < 1.29 is 0 Å². The maximum Gasteiger partial charge on any atom is 0.0250 e. The lowest BCUT2D eigenvalue weighted by Gasteiger charge is -2.39. The van der Waals surface area contributed by atoms with Gasteiger partial charge in [-0.15, -0.1) is 0 Å². The Labute approximate surface area is 123 Å². The van der Waals surface area contributed by atoms with Crippen molar-refractivity contribution in [2.45, 2.75) is 57.0 Å². The highest BCUT2D eigenvalue weighted by molar-refractivity contribution is 5.21. The van der Waals surface area contributed by atoms with Crippen LogP contribution in [-0.2, 0) is 0 Å². The molecule has 0 amide bonds. The molecule has 4 unspecified atom stereocenters. The molecule has 0 radical (unpaired) electrons. The molecular weight excluding hydrogens is 244 g/mol. The van der Waals surface area contributed by atoms with Gasteiger partial charge in [0.15, 0.2) is 0 Å². The van der Waals surface area contributed by atoms with Crippen molar-refractivity contribution in [2.75, 3.05) is 13.1 Å². The van der Waals surface area contributed by atoms with Crippen LogP contribution in [-0.4, -0.2) is 30.1 Å². The summed E-state index contributed by atoms with van der Waals surface area (Å²) in [5, 5.41) is 0. The summed E-state index contributed by atoms with van der Waals surface area (Å²) < 4.78 is 0. The summed E-state index contributed by atoms with van der Waals surface area (Å²) in [6.07, 6.45) is 6.49. The molecule has 1 aliphatic heterocycles. The second-order valence-electron chi connectivity index (χ2n) is 6.71. The van der Waals surface area contributed by atoms with E-state index >= 15 is 0 Å². The molecule has 1 aromatic rings. The molecule has 1 aromatic carbocycles. The first-order valence-corrected chi connectivity index (χ1v) is 8.32. The van der Waals surface area contributed by atoms with Crippen LogP contribution in [0.25, 0.3) is 0 Å². The van der Waals surface area contributed by atoms with Gasteiger partial charge in [-0.1, -0.05) is 43.7 Å². The van der Waals surface area contributed by atoms with E-state index in [0.717, 1.165) is 5.92 Å². The molecule has 20 heavy (non-hydrogen) atoms. The first-order valence-electron chi connectivity index (χ1n) is 8.32. The highest BCUT2D eigenvalue weighted by Gasteiger charge is 2.35. The number of nitrogens with zero attached hydrogens (tertiary/aromatic N) is 1. The van der Waals surface area contributed by atoms with Crippen LogP contribution < -0.4 is 5.73 Å². The standard InChI is InChI=1S/C18H28N2/c1-2-14-8-9-17(19)18(12-14)20-11-10-16(13-20)15-6-4-3-5-7-15/h3-7,14,16-18H,2,8-13,19H2,1H3. The summed E-state index contributed by atoms with van der Waals surface area (Å²) in [7, 11) is 0. The minimum Gasteiger partial charge on any atom is -0.326 e. The lowest BCUT2D eigenvalue weighted by Crippen LogP contribution is -2.50. The SMILES string of the molecule is CCC1CCC(N)C(N2CCC(c3ccccc3)C2)C1. The monoisotopic (exact) mass is 272 g/mol. The van der Waals surface area contributed by atoms with Crippen LogP contribution in [0.1, 0.15) is 50.5 Å². The smallest absolute Gasteiger partial charge is 0.0250 e. The van der Waals surface area contributed by atoms with E-state index in [-0.39, 0.29) is 0 Å². The zero-order chi connectivity index (χ0) is 13.9. The van der Waals surface area contributed by atoms with E-state index in [9.17, 15) is 0 Å². The number of hydrogen-bond acceptors (Lipinski definition) is 2. The molecule has 0 aromatic heterocycles. The van der Waals surface area contributed by atoms with Gasteiger partial charge in [-0.25, -0.2) is 0 Å². The minimum atomic E-state index is 0.396. The Morgan fingerprint density at radius 2 is 1.95 bits per heavy atom. The Morgan fingerprint density at radius 1 is 1.15 bits per heavy atom. The lowest BCUT2D eigenvalue weighted by molar-refractivity contribution is 0.132. The molecule has 3 rings (SSSR count). The first-order chi connectivity index (χ1) is 9.78. The van der Waals surface area contributed by atoms with Crippen molar-refractivity contribution in [1.82, 2.24) is 4.90 Å². The highest BCUT2D eigenvalue weighted by atomic mass is 15.2. The van der Waals surface area contributed by atoms with Crippen LogP contribution in [0.4, 0.5) is 0 Å². The summed E-state index contributed by atoms with van der Waals surface area (Å²) in [4.78, 5) is 2.68. The molecule has 2 aliphatic rings. The van der Waals surface area contributed by atoms with Crippen molar-refractivity contribution in [2.24, 2.45) is 11.7 Å². The average molecular weight is 272 g/mol. The maximum atomic E-state index is 6.42. The quantitative estimate of drug-likeness (QED) is 0.914. The molecular formula is C18H28N2. The topological polar surface area (TPSA) is 29.3 Å². The fourth-order valence-electron chi connectivity index (χ4n) is 4.13. The summed E-state index contributed by atoms with van der Waals surface area (Å²) in [6, 6.07) is 12.0. The molecule has 1 saturated heterocycles. The zero-order valence-corrected chi connectivity index (χ0v) is 12.7. The molecule has 1 aliphatic carbocycles. The maximum absolute atomic E-state index is 6.42. The Hall–Kier alpha value is -0.860. The second kappa shape index (κ2) is 6.28. The number of hydrogen-bond donors (Lipinski definition) is 1. The Morgan fingerprint density at radius 3 is 2.70 bits per heavy atom. The highest BCUT2D eigenvalue weighted by Crippen LogP contribution is 2.34. The van der Waals surface area contributed by atoms with Crippen molar-refractivity contribution in [3.8, 4) is 0 Å². The fraction of sp³-hybridized carbons (Fsp3) is 0.667. The van der Waals surface area contributed by atoms with E-state index < -0.39 is 0 Å². The van der Waals surface area contributed by atoms with Crippen LogP contribution in [0.3, 0.4) is 0 Å². The molecule has 0 spiro atoms. The van der Waals surface area contributed by atoms with Crippen LogP contribution in [0.5, 0.6) is 0 Å². The third kappa shape index (κ3) is 2.91. The summed E-state index contributed by atoms with van der Waals surface area (Å²) in [5.74, 6) is 1.61. The molecule has 2 nitrogen and oxygen atoms in total. The first kappa shape index (κ1) is 14.1. The predicted octanol–water partition coefficient (Wildman–Crippen LogP) is 3.38. The van der Waals surface area contributed by atoms with E-state index in [0.29, 0.717) is 18.0 Å². The fourth-order valence-corrected chi connectivity index (χ4v) is 4.13. The van der Waals surface area contributed by atoms with Crippen molar-refractivity contribution >= 4 is 0 Å². The molecule has 4 atom stereocenters. The van der Waals surface area contributed by atoms with Crippen LogP contribution in [0.15, 0.2) is 30.3 Å². The van der Waals surface area contributed by atoms with Gasteiger partial charge in [0.2, 0.25) is 0 Å². The average Bonchev–Trinajstić information content (AvgIpc) is 2.98. The van der Waals surface area contributed by atoms with Crippen LogP contribution in [0.2, 0.25) is 0 Å². The minimum absolute atomic E-state index is 0.396. The number of benzene rings is 1. The molecule has 2 fully saturated rings. The van der Waals surface area contributed by atoms with Gasteiger partial charge in [0, 0.05) is 18.6 Å². The summed E-state index contributed by atoms with van der Waals surface area (Å²) >= 11 is 0. The van der Waals surface area contributed by atoms with Gasteiger partial charge < -0.3 is 5.73 Å². The molecule has 1 saturated carbocycles. The molecule has 110 valence electrons. The lowest BCUT2D eigenvalue weighted by atomic mass is 9.80. The predicted molar refractivity (Wildman–Crippen MR) is 84.8 cm³/mol. The van der Waals surface area contributed by atoms with Crippen molar-refractivity contribution in [3.63, 3.8) is 0 Å². The number of likely N-dealkylation sites (tertiary alicyclic amines) is 1. The number of rotatable bonds is 3. The largest absolute Gasteiger partial charge is 0.326 e. The third-order valence-corrected chi connectivity index (χ3v) is 5.51. The van der Waals surface area contributed by atoms with E-state index in [1.54, 1.807) is 0 Å². The molecule has 0 bridgehead atoms. The van der Waals surface area contributed by atoms with Crippen LogP contribution in [0, 0.1) is 5.92 Å². The van der Waals surface area contributed by atoms with Gasteiger partial charge in [-0.05, 0) is 49.6 Å². The summed E-state index contributed by atoms with van der Waals surface area (Å²) in [5.41, 5.74) is 7.92. The Bertz CT molecular complexity index is 417. The van der Waals surface area contributed by atoms with E-state index in [1.165, 1.54) is 50.8 Å². The van der Waals surface area contributed by atoms with Crippen LogP contribution >= 0.6 is 0 Å². The Balaban J connectivity index is 1.64. The van der Waals surface area contributed by atoms with Crippen molar-refractivity contribution in [3.05, 3.63) is 35.9 Å². The van der Waals surface area contributed by atoms with E-state index in [2.05, 4.69) is 42.2 Å². The third-order valence-electron chi connectivity index (χ3n) is 5.51. The van der Waals surface area contributed by atoms with Gasteiger partial charge in [-0.3, -0.25) is 4.90 Å². The molecule has 2 N–H and O–H groups in total. The Kier molecular flexibility index (Phi) is 4.42. The normalized spacial score (nSPS) is 35.3. The van der Waals surface area contributed by atoms with Gasteiger partial charge in [0.1, 0.15) is 0 Å². The van der Waals surface area contributed by atoms with E-state index in [1.807, 2.05) is 0 Å². The molecule has 1 heterocycles. The van der Waals surface area contributed by atoms with Gasteiger partial charge in [0.05, 0.1) is 0 Å². The van der Waals surface area contributed by atoms with Crippen molar-refractivity contribution in [1.29, 1.82) is 0 Å². The van der Waals surface area contributed by atoms with Gasteiger partial charge >= 0.3 is 0 Å². The van der Waals surface area contributed by atoms with Gasteiger partial charge in [-0.2, -0.15) is 0 Å².